The summed E-state index contributed by atoms with van der Waals surface area (Å²) >= 11 is 12.3. The standard InChI is InChI=1S/C20H24Cl2N2O3/c21-13-7-8-15(22)14(12-13)19(25)23-9-3-5-17(23)20(26)24-10-11-27-18-6-2-1-4-16(18)24/h7-8,12,16-18H,1-6,9-11H2/t16-,17-,18+/m1/s1. The average molecular weight is 411 g/mol. The smallest absolute Gasteiger partial charge is 0.256 e. The second-order valence-electron chi connectivity index (χ2n) is 7.57. The zero-order valence-electron chi connectivity index (χ0n) is 15.2. The minimum atomic E-state index is -0.423. The van der Waals surface area contributed by atoms with Crippen molar-refractivity contribution in [2.75, 3.05) is 19.7 Å². The molecule has 146 valence electrons. The molecule has 0 spiro atoms. The Morgan fingerprint density at radius 2 is 1.81 bits per heavy atom. The summed E-state index contributed by atoms with van der Waals surface area (Å²) in [5.74, 6) is -0.161. The molecule has 4 rings (SSSR count). The Bertz CT molecular complexity index is 740. The fraction of sp³-hybridized carbons (Fsp3) is 0.600. The molecule has 27 heavy (non-hydrogen) atoms. The van der Waals surface area contributed by atoms with Crippen molar-refractivity contribution in [1.82, 2.24) is 9.80 Å². The van der Waals surface area contributed by atoms with Gasteiger partial charge in [-0.2, -0.15) is 0 Å². The highest BCUT2D eigenvalue weighted by Gasteiger charge is 2.43. The van der Waals surface area contributed by atoms with Crippen LogP contribution in [0.1, 0.15) is 48.9 Å². The monoisotopic (exact) mass is 410 g/mol. The Balaban J connectivity index is 1.54. The normalized spacial score (nSPS) is 28.1. The minimum absolute atomic E-state index is 0.0548. The van der Waals surface area contributed by atoms with Crippen molar-refractivity contribution in [2.45, 2.75) is 56.7 Å². The third-order valence-electron chi connectivity index (χ3n) is 5.97. The zero-order chi connectivity index (χ0) is 19.0. The van der Waals surface area contributed by atoms with Gasteiger partial charge in [0.25, 0.3) is 5.91 Å². The van der Waals surface area contributed by atoms with Crippen LogP contribution in [-0.4, -0.2) is 59.5 Å². The summed E-state index contributed by atoms with van der Waals surface area (Å²) in [7, 11) is 0. The van der Waals surface area contributed by atoms with E-state index in [0.717, 1.165) is 32.1 Å². The van der Waals surface area contributed by atoms with Crippen LogP contribution in [-0.2, 0) is 9.53 Å². The molecule has 1 aromatic carbocycles. The molecule has 7 heteroatoms. The maximum Gasteiger partial charge on any atom is 0.256 e. The number of rotatable bonds is 2. The molecule has 1 aliphatic carbocycles. The van der Waals surface area contributed by atoms with Gasteiger partial charge in [0.15, 0.2) is 0 Å². The van der Waals surface area contributed by atoms with Crippen LogP contribution in [0.15, 0.2) is 18.2 Å². The number of carbonyl (C=O) groups is 2. The van der Waals surface area contributed by atoms with Gasteiger partial charge in [-0.1, -0.05) is 36.0 Å². The minimum Gasteiger partial charge on any atom is -0.374 e. The van der Waals surface area contributed by atoms with Crippen molar-refractivity contribution in [3.8, 4) is 0 Å². The summed E-state index contributed by atoms with van der Waals surface area (Å²) in [5.41, 5.74) is 0.362. The highest BCUT2D eigenvalue weighted by molar-refractivity contribution is 6.35. The number of halogens is 2. The SMILES string of the molecule is O=C(c1cc(Cl)ccc1Cl)N1CCC[C@@H]1C(=O)N1CCO[C@H]2CCCC[C@H]21. The van der Waals surface area contributed by atoms with Crippen molar-refractivity contribution in [3.63, 3.8) is 0 Å². The Hall–Kier alpha value is -1.30. The van der Waals surface area contributed by atoms with Gasteiger partial charge in [-0.05, 0) is 43.9 Å². The van der Waals surface area contributed by atoms with E-state index in [0.29, 0.717) is 41.7 Å². The number of likely N-dealkylation sites (tertiary alicyclic amines) is 1. The number of carbonyl (C=O) groups excluding carboxylic acids is 2. The number of fused-ring (bicyclic) bond motifs is 1. The van der Waals surface area contributed by atoms with Crippen LogP contribution in [0.25, 0.3) is 0 Å². The highest BCUT2D eigenvalue weighted by Crippen LogP contribution is 2.32. The van der Waals surface area contributed by atoms with Crippen molar-refractivity contribution in [3.05, 3.63) is 33.8 Å². The molecule has 2 amide bonds. The van der Waals surface area contributed by atoms with Gasteiger partial charge in [-0.15, -0.1) is 0 Å². The fourth-order valence-corrected chi connectivity index (χ4v) is 5.01. The molecule has 0 aromatic heterocycles. The molecule has 1 aromatic rings. The molecule has 5 nitrogen and oxygen atoms in total. The molecule has 3 aliphatic rings. The Labute approximate surface area is 169 Å². The van der Waals surface area contributed by atoms with Crippen LogP contribution in [0.5, 0.6) is 0 Å². The average Bonchev–Trinajstić information content (AvgIpc) is 3.18. The molecule has 0 bridgehead atoms. The van der Waals surface area contributed by atoms with E-state index in [1.54, 1.807) is 23.1 Å². The maximum absolute atomic E-state index is 13.4. The summed E-state index contributed by atoms with van der Waals surface area (Å²) in [5, 5.41) is 0.823. The molecular weight excluding hydrogens is 387 g/mol. The summed E-state index contributed by atoms with van der Waals surface area (Å²) < 4.78 is 5.89. The lowest BCUT2D eigenvalue weighted by molar-refractivity contribution is -0.153. The van der Waals surface area contributed by atoms with Gasteiger partial charge in [0.05, 0.1) is 29.3 Å². The molecule has 0 unspecified atom stereocenters. The van der Waals surface area contributed by atoms with E-state index in [4.69, 9.17) is 27.9 Å². The van der Waals surface area contributed by atoms with E-state index < -0.39 is 6.04 Å². The number of morpholine rings is 1. The molecule has 0 radical (unpaired) electrons. The molecule has 2 saturated heterocycles. The van der Waals surface area contributed by atoms with Crippen LogP contribution in [0.3, 0.4) is 0 Å². The number of nitrogens with zero attached hydrogens (tertiary/aromatic N) is 2. The molecule has 2 aliphatic heterocycles. The van der Waals surface area contributed by atoms with E-state index in [-0.39, 0.29) is 24.0 Å². The molecule has 2 heterocycles. The molecule has 1 saturated carbocycles. The Kier molecular flexibility index (Phi) is 5.62. The first-order valence-electron chi connectivity index (χ1n) is 9.74. The van der Waals surface area contributed by atoms with Gasteiger partial charge in [-0.25, -0.2) is 0 Å². The number of hydrogen-bond acceptors (Lipinski definition) is 3. The van der Waals surface area contributed by atoms with E-state index >= 15 is 0 Å². The van der Waals surface area contributed by atoms with E-state index in [9.17, 15) is 9.59 Å². The van der Waals surface area contributed by atoms with Crippen LogP contribution in [0, 0.1) is 0 Å². The lowest BCUT2D eigenvalue weighted by atomic mass is 9.89. The van der Waals surface area contributed by atoms with Crippen molar-refractivity contribution in [2.24, 2.45) is 0 Å². The first kappa shape index (κ1) is 19.0. The molecule has 3 fully saturated rings. The summed E-state index contributed by atoms with van der Waals surface area (Å²) in [6.07, 6.45) is 5.93. The Morgan fingerprint density at radius 1 is 1.00 bits per heavy atom. The first-order valence-corrected chi connectivity index (χ1v) is 10.5. The van der Waals surface area contributed by atoms with Crippen LogP contribution >= 0.6 is 23.2 Å². The number of amides is 2. The van der Waals surface area contributed by atoms with Gasteiger partial charge in [0.2, 0.25) is 5.91 Å². The van der Waals surface area contributed by atoms with E-state index in [1.807, 2.05) is 4.90 Å². The Morgan fingerprint density at radius 3 is 2.67 bits per heavy atom. The van der Waals surface area contributed by atoms with Crippen molar-refractivity contribution in [1.29, 1.82) is 0 Å². The van der Waals surface area contributed by atoms with Gasteiger partial charge in [-0.3, -0.25) is 9.59 Å². The predicted octanol–water partition coefficient (Wildman–Crippen LogP) is 3.77. The van der Waals surface area contributed by atoms with E-state index in [1.165, 1.54) is 0 Å². The summed E-state index contributed by atoms with van der Waals surface area (Å²) in [6.45, 7) is 1.75. The number of benzene rings is 1. The maximum atomic E-state index is 13.4. The number of ether oxygens (including phenoxy) is 1. The quantitative estimate of drug-likeness (QED) is 0.745. The van der Waals surface area contributed by atoms with Gasteiger partial charge in [0, 0.05) is 18.1 Å². The van der Waals surface area contributed by atoms with Gasteiger partial charge in [0.1, 0.15) is 6.04 Å². The molecule has 0 N–H and O–H groups in total. The van der Waals surface area contributed by atoms with E-state index in [2.05, 4.69) is 0 Å². The highest BCUT2D eigenvalue weighted by atomic mass is 35.5. The summed E-state index contributed by atoms with van der Waals surface area (Å²) in [4.78, 5) is 30.1. The lowest BCUT2D eigenvalue weighted by Gasteiger charge is -2.45. The lowest BCUT2D eigenvalue weighted by Crippen LogP contribution is -2.59. The van der Waals surface area contributed by atoms with Crippen LogP contribution in [0.4, 0.5) is 0 Å². The first-order chi connectivity index (χ1) is 13.1. The molecular formula is C20H24Cl2N2O3. The van der Waals surface area contributed by atoms with Crippen molar-refractivity contribution < 1.29 is 14.3 Å². The second kappa shape index (κ2) is 7.98. The fourth-order valence-electron chi connectivity index (χ4n) is 4.64. The van der Waals surface area contributed by atoms with Crippen LogP contribution in [0.2, 0.25) is 10.0 Å². The largest absolute Gasteiger partial charge is 0.374 e. The van der Waals surface area contributed by atoms with Crippen LogP contribution < -0.4 is 0 Å². The predicted molar refractivity (Wildman–Crippen MR) is 104 cm³/mol. The number of hydrogen-bond donors (Lipinski definition) is 0. The van der Waals surface area contributed by atoms with Gasteiger partial charge < -0.3 is 14.5 Å². The molecule has 3 atom stereocenters. The summed E-state index contributed by atoms with van der Waals surface area (Å²) in [6, 6.07) is 4.58. The van der Waals surface area contributed by atoms with Gasteiger partial charge >= 0.3 is 0 Å². The van der Waals surface area contributed by atoms with Crippen molar-refractivity contribution >= 4 is 35.0 Å². The second-order valence-corrected chi connectivity index (χ2v) is 8.42. The third kappa shape index (κ3) is 3.69. The topological polar surface area (TPSA) is 49.9 Å². The third-order valence-corrected chi connectivity index (χ3v) is 6.54. The zero-order valence-corrected chi connectivity index (χ0v) is 16.7.